The van der Waals surface area contributed by atoms with E-state index < -0.39 is 0 Å². The molecule has 1 unspecified atom stereocenters. The third kappa shape index (κ3) is 1.25. The second kappa shape index (κ2) is 3.68. The van der Waals surface area contributed by atoms with E-state index in [2.05, 4.69) is 22.1 Å². The van der Waals surface area contributed by atoms with Crippen LogP contribution >= 0.6 is 0 Å². The summed E-state index contributed by atoms with van der Waals surface area (Å²) >= 11 is 0. The second-order valence-corrected chi connectivity index (χ2v) is 3.71. The Morgan fingerprint density at radius 3 is 2.88 bits per heavy atom. The minimum absolute atomic E-state index is 0.0510. The predicted molar refractivity (Wildman–Crippen MR) is 60.9 cm³/mol. The van der Waals surface area contributed by atoms with Crippen LogP contribution in [0.15, 0.2) is 36.7 Å². The Morgan fingerprint density at radius 1 is 1.19 bits per heavy atom. The number of nitrogens with zero attached hydrogens (tertiary/aromatic N) is 2. The molecule has 0 spiro atoms. The normalized spacial score (nSPS) is 16.9. The summed E-state index contributed by atoms with van der Waals surface area (Å²) < 4.78 is 5.75. The van der Waals surface area contributed by atoms with Gasteiger partial charge in [0.1, 0.15) is 6.10 Å². The van der Waals surface area contributed by atoms with E-state index in [1.54, 1.807) is 12.4 Å². The Balaban J connectivity index is 2.21. The highest BCUT2D eigenvalue weighted by molar-refractivity contribution is 5.73. The maximum Gasteiger partial charge on any atom is 0.127 e. The molecule has 3 rings (SSSR count). The lowest BCUT2D eigenvalue weighted by Crippen LogP contribution is -2.04. The smallest absolute Gasteiger partial charge is 0.127 e. The zero-order chi connectivity index (χ0) is 11.0. The van der Waals surface area contributed by atoms with Gasteiger partial charge in [0.25, 0.3) is 0 Å². The Morgan fingerprint density at radius 2 is 2.00 bits per heavy atom. The summed E-state index contributed by atoms with van der Waals surface area (Å²) in [7, 11) is 0. The van der Waals surface area contributed by atoms with E-state index in [1.165, 1.54) is 5.56 Å². The van der Waals surface area contributed by atoms with E-state index in [1.807, 2.05) is 19.1 Å². The van der Waals surface area contributed by atoms with Gasteiger partial charge in [0, 0.05) is 24.6 Å². The van der Waals surface area contributed by atoms with Crippen LogP contribution in [0, 0.1) is 0 Å². The minimum Gasteiger partial charge on any atom is -0.367 e. The standard InChI is InChI=1S/C13H12N2O/c1-2-16-13-10-6-4-3-5-9(10)11-12(13)15-8-7-14-11/h3-8,13H,2H2,1H3. The number of benzene rings is 1. The van der Waals surface area contributed by atoms with Gasteiger partial charge in [0.05, 0.1) is 11.4 Å². The van der Waals surface area contributed by atoms with Crippen molar-refractivity contribution in [3.8, 4) is 11.3 Å². The van der Waals surface area contributed by atoms with Crippen LogP contribution in [0.25, 0.3) is 11.3 Å². The molecule has 0 fully saturated rings. The molecule has 1 heterocycles. The van der Waals surface area contributed by atoms with Crippen LogP contribution in [0.4, 0.5) is 0 Å². The first-order valence-corrected chi connectivity index (χ1v) is 5.43. The van der Waals surface area contributed by atoms with Gasteiger partial charge >= 0.3 is 0 Å². The second-order valence-electron chi connectivity index (χ2n) is 3.71. The molecule has 1 aromatic carbocycles. The summed E-state index contributed by atoms with van der Waals surface area (Å²) in [5.41, 5.74) is 4.21. The molecule has 0 aliphatic heterocycles. The summed E-state index contributed by atoms with van der Waals surface area (Å²) in [6.07, 6.45) is 3.39. The average Bonchev–Trinajstić information content (AvgIpc) is 2.66. The Labute approximate surface area is 94.1 Å². The summed E-state index contributed by atoms with van der Waals surface area (Å²) in [6.45, 7) is 2.67. The molecule has 3 nitrogen and oxygen atoms in total. The molecule has 0 amide bonds. The molecule has 1 aliphatic carbocycles. The highest BCUT2D eigenvalue weighted by Gasteiger charge is 2.30. The molecule has 1 aliphatic rings. The fraction of sp³-hybridized carbons (Fsp3) is 0.231. The van der Waals surface area contributed by atoms with Crippen LogP contribution in [-0.2, 0) is 4.74 Å². The number of rotatable bonds is 2. The molecule has 0 radical (unpaired) electrons. The van der Waals surface area contributed by atoms with Crippen LogP contribution in [0.5, 0.6) is 0 Å². The molecule has 0 saturated heterocycles. The molecule has 0 saturated carbocycles. The molecular weight excluding hydrogens is 200 g/mol. The van der Waals surface area contributed by atoms with Gasteiger partial charge in [-0.1, -0.05) is 24.3 Å². The number of fused-ring (bicyclic) bond motifs is 3. The zero-order valence-corrected chi connectivity index (χ0v) is 9.05. The zero-order valence-electron chi connectivity index (χ0n) is 9.05. The molecule has 0 N–H and O–H groups in total. The van der Waals surface area contributed by atoms with E-state index in [-0.39, 0.29) is 6.10 Å². The van der Waals surface area contributed by atoms with Crippen molar-refractivity contribution in [3.05, 3.63) is 47.9 Å². The van der Waals surface area contributed by atoms with Gasteiger partial charge in [0.2, 0.25) is 0 Å². The van der Waals surface area contributed by atoms with Crippen molar-refractivity contribution < 1.29 is 4.74 Å². The van der Waals surface area contributed by atoms with E-state index in [0.717, 1.165) is 17.0 Å². The Bertz CT molecular complexity index is 479. The van der Waals surface area contributed by atoms with Crippen molar-refractivity contribution in [1.29, 1.82) is 0 Å². The highest BCUT2D eigenvalue weighted by Crippen LogP contribution is 2.42. The molecule has 3 heteroatoms. The van der Waals surface area contributed by atoms with Gasteiger partial charge in [0.15, 0.2) is 0 Å². The highest BCUT2D eigenvalue weighted by atomic mass is 16.5. The maximum absolute atomic E-state index is 5.75. The van der Waals surface area contributed by atoms with Crippen molar-refractivity contribution in [2.24, 2.45) is 0 Å². The molecule has 16 heavy (non-hydrogen) atoms. The number of aromatic nitrogens is 2. The molecular formula is C13H12N2O. The SMILES string of the molecule is CCOC1c2ccccc2-c2nccnc21. The lowest BCUT2D eigenvalue weighted by Gasteiger charge is -2.11. The quantitative estimate of drug-likeness (QED) is 0.767. The van der Waals surface area contributed by atoms with Crippen LogP contribution in [0.2, 0.25) is 0 Å². The fourth-order valence-electron chi connectivity index (χ4n) is 2.17. The van der Waals surface area contributed by atoms with Crippen molar-refractivity contribution >= 4 is 0 Å². The molecule has 2 aromatic rings. The monoisotopic (exact) mass is 212 g/mol. The lowest BCUT2D eigenvalue weighted by molar-refractivity contribution is 0.0915. The fourth-order valence-corrected chi connectivity index (χ4v) is 2.17. The number of hydrogen-bond acceptors (Lipinski definition) is 3. The Hall–Kier alpha value is -1.74. The molecule has 80 valence electrons. The Kier molecular flexibility index (Phi) is 2.18. The van der Waals surface area contributed by atoms with Crippen LogP contribution < -0.4 is 0 Å². The van der Waals surface area contributed by atoms with Gasteiger partial charge in [-0.25, -0.2) is 0 Å². The minimum atomic E-state index is -0.0510. The van der Waals surface area contributed by atoms with E-state index in [4.69, 9.17) is 4.74 Å². The predicted octanol–water partition coefficient (Wildman–Crippen LogP) is 2.58. The van der Waals surface area contributed by atoms with Gasteiger partial charge in [-0.3, -0.25) is 9.97 Å². The molecule has 1 aromatic heterocycles. The van der Waals surface area contributed by atoms with Gasteiger partial charge < -0.3 is 4.74 Å². The first-order chi connectivity index (χ1) is 7.92. The summed E-state index contributed by atoms with van der Waals surface area (Å²) in [5.74, 6) is 0. The van der Waals surface area contributed by atoms with Crippen molar-refractivity contribution in [1.82, 2.24) is 9.97 Å². The summed E-state index contributed by atoms with van der Waals surface area (Å²) in [6, 6.07) is 8.20. The van der Waals surface area contributed by atoms with Crippen molar-refractivity contribution in [2.45, 2.75) is 13.0 Å². The van der Waals surface area contributed by atoms with Gasteiger partial charge in [-0.15, -0.1) is 0 Å². The average molecular weight is 212 g/mol. The van der Waals surface area contributed by atoms with Crippen molar-refractivity contribution in [3.63, 3.8) is 0 Å². The molecule has 1 atom stereocenters. The van der Waals surface area contributed by atoms with Crippen LogP contribution in [-0.4, -0.2) is 16.6 Å². The first kappa shape index (κ1) is 9.48. The first-order valence-electron chi connectivity index (χ1n) is 5.43. The van der Waals surface area contributed by atoms with E-state index in [9.17, 15) is 0 Å². The topological polar surface area (TPSA) is 35.0 Å². The van der Waals surface area contributed by atoms with Gasteiger partial charge in [-0.05, 0) is 12.5 Å². The molecule has 0 bridgehead atoms. The number of ether oxygens (including phenoxy) is 1. The third-order valence-electron chi connectivity index (χ3n) is 2.81. The number of hydrogen-bond donors (Lipinski definition) is 0. The lowest BCUT2D eigenvalue weighted by atomic mass is 10.1. The van der Waals surface area contributed by atoms with E-state index in [0.29, 0.717) is 6.61 Å². The van der Waals surface area contributed by atoms with Crippen molar-refractivity contribution in [2.75, 3.05) is 6.61 Å². The van der Waals surface area contributed by atoms with E-state index >= 15 is 0 Å². The van der Waals surface area contributed by atoms with Gasteiger partial charge in [-0.2, -0.15) is 0 Å². The third-order valence-corrected chi connectivity index (χ3v) is 2.81. The maximum atomic E-state index is 5.75. The van der Waals surface area contributed by atoms with Crippen LogP contribution in [0.1, 0.15) is 24.3 Å². The van der Waals surface area contributed by atoms with Crippen LogP contribution in [0.3, 0.4) is 0 Å². The largest absolute Gasteiger partial charge is 0.367 e. The summed E-state index contributed by atoms with van der Waals surface area (Å²) in [4.78, 5) is 8.78. The summed E-state index contributed by atoms with van der Waals surface area (Å²) in [5, 5.41) is 0.